The lowest BCUT2D eigenvalue weighted by molar-refractivity contribution is -0.141. The van der Waals surface area contributed by atoms with Gasteiger partial charge in [0.05, 0.1) is 12.0 Å². The Hall–Kier alpha value is -2.15. The van der Waals surface area contributed by atoms with Gasteiger partial charge in [0.25, 0.3) is 0 Å². The van der Waals surface area contributed by atoms with E-state index in [1.807, 2.05) is 37.8 Å². The number of carbonyl (C=O) groups is 1. The van der Waals surface area contributed by atoms with Crippen LogP contribution in [-0.4, -0.2) is 57.6 Å². The van der Waals surface area contributed by atoms with Crippen LogP contribution in [0.3, 0.4) is 0 Å². The molecule has 1 aliphatic rings. The fourth-order valence-corrected chi connectivity index (χ4v) is 3.31. The van der Waals surface area contributed by atoms with Crippen molar-refractivity contribution >= 4 is 5.91 Å². The Morgan fingerprint density at radius 2 is 2.13 bits per heavy atom. The van der Waals surface area contributed by atoms with Crippen LogP contribution in [0, 0.1) is 6.92 Å². The number of carbonyl (C=O) groups excluding carboxylic acids is 1. The molecular formula is C16H23N5O2. The van der Waals surface area contributed by atoms with Crippen molar-refractivity contribution in [3.63, 3.8) is 0 Å². The largest absolute Gasteiger partial charge is 0.361 e. The number of likely N-dealkylation sites (N-methyl/N-ethyl adjacent to an activating group) is 1. The van der Waals surface area contributed by atoms with Crippen molar-refractivity contribution in [1.29, 1.82) is 0 Å². The molecule has 3 rings (SSSR count). The molecule has 2 aromatic rings. The van der Waals surface area contributed by atoms with Gasteiger partial charge in [-0.3, -0.25) is 9.69 Å². The molecule has 0 radical (unpaired) electrons. The van der Waals surface area contributed by atoms with Crippen LogP contribution in [-0.2, 0) is 16.9 Å². The third-order valence-corrected chi connectivity index (χ3v) is 4.55. The molecule has 0 N–H and O–H groups in total. The number of rotatable bonds is 4. The molecule has 7 heteroatoms. The lowest BCUT2D eigenvalue weighted by Gasteiger charge is -2.42. The van der Waals surface area contributed by atoms with Gasteiger partial charge in [-0.2, -0.15) is 0 Å². The van der Waals surface area contributed by atoms with Crippen LogP contribution in [0.5, 0.6) is 0 Å². The molecule has 23 heavy (non-hydrogen) atoms. The molecule has 0 saturated carbocycles. The van der Waals surface area contributed by atoms with Gasteiger partial charge in [-0.15, -0.1) is 0 Å². The molecule has 0 unspecified atom stereocenters. The summed E-state index contributed by atoms with van der Waals surface area (Å²) in [5, 5.41) is 4.05. The zero-order valence-electron chi connectivity index (χ0n) is 13.9. The topological polar surface area (TPSA) is 67.4 Å². The number of nitrogens with zero attached hydrogens (tertiary/aromatic N) is 5. The number of aryl methyl sites for hydroxylation is 1. The average molecular weight is 317 g/mol. The number of hydrogen-bond donors (Lipinski definition) is 0. The number of piperidine rings is 1. The number of likely N-dealkylation sites (tertiary alicyclic amines) is 1. The highest BCUT2D eigenvalue weighted by molar-refractivity contribution is 5.84. The summed E-state index contributed by atoms with van der Waals surface area (Å²) in [7, 11) is 3.62. The second-order valence-electron chi connectivity index (χ2n) is 6.41. The van der Waals surface area contributed by atoms with Gasteiger partial charge in [0.1, 0.15) is 11.3 Å². The first kappa shape index (κ1) is 15.7. The molecule has 0 aliphatic carbocycles. The van der Waals surface area contributed by atoms with Crippen molar-refractivity contribution in [2.24, 2.45) is 0 Å². The highest BCUT2D eigenvalue weighted by Gasteiger charge is 2.43. The van der Waals surface area contributed by atoms with Crippen molar-refractivity contribution < 1.29 is 9.32 Å². The molecule has 1 amide bonds. The van der Waals surface area contributed by atoms with E-state index in [-0.39, 0.29) is 5.91 Å². The van der Waals surface area contributed by atoms with Crippen molar-refractivity contribution in [3.8, 4) is 0 Å². The van der Waals surface area contributed by atoms with Crippen molar-refractivity contribution in [2.45, 2.75) is 31.8 Å². The number of imidazole rings is 1. The van der Waals surface area contributed by atoms with Crippen LogP contribution in [0.25, 0.3) is 0 Å². The smallest absolute Gasteiger partial charge is 0.248 e. The van der Waals surface area contributed by atoms with E-state index in [4.69, 9.17) is 4.52 Å². The van der Waals surface area contributed by atoms with Gasteiger partial charge in [0.15, 0.2) is 0 Å². The van der Waals surface area contributed by atoms with Gasteiger partial charge >= 0.3 is 0 Å². The quantitative estimate of drug-likeness (QED) is 0.849. The maximum absolute atomic E-state index is 12.8. The summed E-state index contributed by atoms with van der Waals surface area (Å²) in [6.45, 7) is 4.33. The summed E-state index contributed by atoms with van der Waals surface area (Å²) in [6.07, 6.45) is 6.89. The van der Waals surface area contributed by atoms with Crippen LogP contribution in [0.1, 0.15) is 24.3 Å². The second kappa shape index (κ2) is 6.16. The number of aromatic nitrogens is 3. The second-order valence-corrected chi connectivity index (χ2v) is 6.41. The molecule has 1 fully saturated rings. The van der Waals surface area contributed by atoms with E-state index in [1.54, 1.807) is 17.4 Å². The standard InChI is InChI=1S/C16H23N5O2/c1-13-10-14(18-23-13)11-20-7-4-16(5-8-20,15(22)19(2)3)21-9-6-17-12-21/h6,9-10,12H,4-5,7-8,11H2,1-3H3. The maximum atomic E-state index is 12.8. The maximum Gasteiger partial charge on any atom is 0.248 e. The minimum atomic E-state index is -0.532. The zero-order chi connectivity index (χ0) is 16.4. The number of hydrogen-bond acceptors (Lipinski definition) is 5. The van der Waals surface area contributed by atoms with E-state index in [0.29, 0.717) is 0 Å². The van der Waals surface area contributed by atoms with Crippen molar-refractivity contribution in [1.82, 2.24) is 24.5 Å². The molecule has 0 atom stereocenters. The predicted octanol–water partition coefficient (Wildman–Crippen LogP) is 1.26. The van der Waals surface area contributed by atoms with E-state index in [2.05, 4.69) is 15.0 Å². The first-order valence-corrected chi connectivity index (χ1v) is 7.86. The number of amides is 1. The molecular weight excluding hydrogens is 294 g/mol. The fourth-order valence-electron chi connectivity index (χ4n) is 3.31. The van der Waals surface area contributed by atoms with Crippen LogP contribution < -0.4 is 0 Å². The monoisotopic (exact) mass is 317 g/mol. The van der Waals surface area contributed by atoms with Gasteiger partial charge in [0, 0.05) is 52.2 Å². The summed E-state index contributed by atoms with van der Waals surface area (Å²) < 4.78 is 7.09. The summed E-state index contributed by atoms with van der Waals surface area (Å²) in [5.41, 5.74) is 0.410. The molecule has 3 heterocycles. The highest BCUT2D eigenvalue weighted by atomic mass is 16.5. The Balaban J connectivity index is 1.74. The van der Waals surface area contributed by atoms with Gasteiger partial charge in [0.2, 0.25) is 5.91 Å². The van der Waals surface area contributed by atoms with E-state index in [9.17, 15) is 4.79 Å². The predicted molar refractivity (Wildman–Crippen MR) is 84.6 cm³/mol. The Morgan fingerprint density at radius 1 is 1.39 bits per heavy atom. The molecule has 124 valence electrons. The fraction of sp³-hybridized carbons (Fsp3) is 0.562. The van der Waals surface area contributed by atoms with Crippen LogP contribution in [0.2, 0.25) is 0 Å². The van der Waals surface area contributed by atoms with Crippen molar-refractivity contribution in [3.05, 3.63) is 36.2 Å². The summed E-state index contributed by atoms with van der Waals surface area (Å²) in [6, 6.07) is 1.96. The Bertz CT molecular complexity index is 654. The minimum Gasteiger partial charge on any atom is -0.361 e. The lowest BCUT2D eigenvalue weighted by atomic mass is 9.85. The highest BCUT2D eigenvalue weighted by Crippen LogP contribution is 2.32. The summed E-state index contributed by atoms with van der Waals surface area (Å²) in [4.78, 5) is 20.9. The van der Waals surface area contributed by atoms with E-state index >= 15 is 0 Å². The van der Waals surface area contributed by atoms with E-state index in [1.165, 1.54) is 0 Å². The van der Waals surface area contributed by atoms with Gasteiger partial charge in [-0.05, 0) is 19.8 Å². The van der Waals surface area contributed by atoms with E-state index < -0.39 is 5.54 Å². The molecule has 7 nitrogen and oxygen atoms in total. The average Bonchev–Trinajstić information content (AvgIpc) is 3.19. The molecule has 1 saturated heterocycles. The van der Waals surface area contributed by atoms with Gasteiger partial charge in [-0.25, -0.2) is 4.98 Å². The third kappa shape index (κ3) is 3.01. The molecule has 0 aromatic carbocycles. The first-order chi connectivity index (χ1) is 11.0. The normalized spacial score (nSPS) is 18.0. The summed E-state index contributed by atoms with van der Waals surface area (Å²) in [5.74, 6) is 0.958. The van der Waals surface area contributed by atoms with Gasteiger partial charge < -0.3 is 14.0 Å². The van der Waals surface area contributed by atoms with E-state index in [0.717, 1.165) is 43.9 Å². The Morgan fingerprint density at radius 3 is 2.65 bits per heavy atom. The minimum absolute atomic E-state index is 0.132. The lowest BCUT2D eigenvalue weighted by Crippen LogP contribution is -2.54. The Labute approximate surface area is 135 Å². The van der Waals surface area contributed by atoms with Crippen molar-refractivity contribution in [2.75, 3.05) is 27.2 Å². The van der Waals surface area contributed by atoms with Crippen LogP contribution in [0.4, 0.5) is 0 Å². The third-order valence-electron chi connectivity index (χ3n) is 4.55. The molecule has 0 bridgehead atoms. The molecule has 2 aromatic heterocycles. The van der Waals surface area contributed by atoms with Crippen LogP contribution >= 0.6 is 0 Å². The first-order valence-electron chi connectivity index (χ1n) is 7.86. The van der Waals surface area contributed by atoms with Crippen LogP contribution in [0.15, 0.2) is 29.3 Å². The van der Waals surface area contributed by atoms with Gasteiger partial charge in [-0.1, -0.05) is 5.16 Å². The Kier molecular flexibility index (Phi) is 4.21. The summed E-state index contributed by atoms with van der Waals surface area (Å²) >= 11 is 0. The zero-order valence-corrected chi connectivity index (χ0v) is 13.9. The SMILES string of the molecule is Cc1cc(CN2CCC(C(=O)N(C)C)(n3ccnc3)CC2)no1. The molecule has 0 spiro atoms. The molecule has 1 aliphatic heterocycles.